The summed E-state index contributed by atoms with van der Waals surface area (Å²) in [6.45, 7) is 0.240. The highest BCUT2D eigenvalue weighted by molar-refractivity contribution is 6.13. The van der Waals surface area contributed by atoms with Crippen molar-refractivity contribution in [3.63, 3.8) is 0 Å². The summed E-state index contributed by atoms with van der Waals surface area (Å²) >= 11 is 0. The Balaban J connectivity index is 1.56. The molecule has 10 nitrogen and oxygen atoms in total. The monoisotopic (exact) mass is 505 g/mol. The second kappa shape index (κ2) is 9.32. The van der Waals surface area contributed by atoms with E-state index in [9.17, 15) is 32.3 Å². The van der Waals surface area contributed by atoms with Crippen molar-refractivity contribution in [2.75, 3.05) is 25.1 Å². The summed E-state index contributed by atoms with van der Waals surface area (Å²) in [5, 5.41) is 8.78. The number of esters is 1. The van der Waals surface area contributed by atoms with Gasteiger partial charge in [-0.15, -0.1) is 13.2 Å². The van der Waals surface area contributed by atoms with E-state index in [1.807, 2.05) is 0 Å². The summed E-state index contributed by atoms with van der Waals surface area (Å²) in [6, 6.07) is 7.81. The van der Waals surface area contributed by atoms with Gasteiger partial charge in [0, 0.05) is 12.7 Å². The lowest BCUT2D eigenvalue weighted by Gasteiger charge is -2.19. The van der Waals surface area contributed by atoms with E-state index in [4.69, 9.17) is 9.84 Å². The van der Waals surface area contributed by atoms with E-state index in [0.717, 1.165) is 16.7 Å². The number of nitrogens with zero attached hydrogens (tertiary/aromatic N) is 3. The maximum Gasteiger partial charge on any atom is 0.573 e. The second-order valence-electron chi connectivity index (χ2n) is 7.87. The summed E-state index contributed by atoms with van der Waals surface area (Å²) < 4.78 is 47.6. The van der Waals surface area contributed by atoms with Gasteiger partial charge < -0.3 is 19.5 Å². The topological polar surface area (TPSA) is 128 Å². The molecule has 0 unspecified atom stereocenters. The van der Waals surface area contributed by atoms with E-state index in [1.54, 1.807) is 24.1 Å². The zero-order valence-electron chi connectivity index (χ0n) is 18.7. The Morgan fingerprint density at radius 1 is 1.11 bits per heavy atom. The lowest BCUT2D eigenvalue weighted by atomic mass is 10.1. The first-order valence-electron chi connectivity index (χ1n) is 10.5. The minimum atomic E-state index is -4.94. The largest absolute Gasteiger partial charge is 0.573 e. The molecular formula is C23H18F3N3O7. The predicted octanol–water partition coefficient (Wildman–Crippen LogP) is 2.67. The van der Waals surface area contributed by atoms with E-state index in [1.165, 1.54) is 12.1 Å². The Morgan fingerprint density at radius 3 is 2.56 bits per heavy atom. The molecule has 0 amide bonds. The summed E-state index contributed by atoms with van der Waals surface area (Å²) in [5.74, 6) is -3.29. The average Bonchev–Trinajstić information content (AvgIpc) is 3.08. The van der Waals surface area contributed by atoms with Gasteiger partial charge in [0.25, 0.3) is 5.56 Å². The van der Waals surface area contributed by atoms with Gasteiger partial charge in [0.15, 0.2) is 5.82 Å². The maximum atomic E-state index is 13.1. The number of rotatable bonds is 8. The van der Waals surface area contributed by atoms with Crippen LogP contribution in [0.4, 0.5) is 18.9 Å². The highest BCUT2D eigenvalue weighted by Gasteiger charge is 2.34. The number of alkyl halides is 3. The van der Waals surface area contributed by atoms with E-state index in [-0.39, 0.29) is 54.0 Å². The Morgan fingerprint density at radius 2 is 1.86 bits per heavy atom. The third-order valence-corrected chi connectivity index (χ3v) is 5.42. The summed E-state index contributed by atoms with van der Waals surface area (Å²) in [5.41, 5.74) is 0.188. The molecule has 36 heavy (non-hydrogen) atoms. The van der Waals surface area contributed by atoms with Crippen LogP contribution in [0.3, 0.4) is 0 Å². The summed E-state index contributed by atoms with van der Waals surface area (Å²) in [7, 11) is 1.69. The predicted molar refractivity (Wildman–Crippen MR) is 119 cm³/mol. The molecule has 2 aromatic carbocycles. The van der Waals surface area contributed by atoms with Crippen LogP contribution in [-0.2, 0) is 14.3 Å². The third kappa shape index (κ3) is 4.99. The molecule has 0 saturated carbocycles. The number of benzene rings is 2. The number of hydrogen-bond donors (Lipinski definition) is 1. The molecule has 0 bridgehead atoms. The zero-order chi connectivity index (χ0) is 26.2. The molecule has 13 heteroatoms. The minimum Gasteiger partial charge on any atom is -0.481 e. The molecule has 4 rings (SSSR count). The van der Waals surface area contributed by atoms with Crippen molar-refractivity contribution in [3.8, 4) is 11.4 Å². The van der Waals surface area contributed by atoms with Crippen LogP contribution >= 0.6 is 0 Å². The van der Waals surface area contributed by atoms with Crippen molar-refractivity contribution in [2.24, 2.45) is 0 Å². The number of aromatic nitrogens is 2. The van der Waals surface area contributed by atoms with Gasteiger partial charge in [-0.1, -0.05) is 0 Å². The van der Waals surface area contributed by atoms with Gasteiger partial charge in [0.2, 0.25) is 5.78 Å². The first-order valence-corrected chi connectivity index (χ1v) is 10.5. The molecule has 2 heterocycles. The van der Waals surface area contributed by atoms with Gasteiger partial charge in [-0.3, -0.25) is 23.7 Å². The van der Waals surface area contributed by atoms with Crippen molar-refractivity contribution in [3.05, 3.63) is 58.1 Å². The van der Waals surface area contributed by atoms with Crippen molar-refractivity contribution >= 4 is 34.3 Å². The normalized spacial score (nSPS) is 12.3. The number of aliphatic carboxylic acids is 1. The SMILES string of the molecule is CN(CCOC(=O)CCC(=O)O)c1ccc2c(=O)n3c(nc2c1)C(=O)c1cc(OC(F)(F)F)ccc1-3. The lowest BCUT2D eigenvalue weighted by molar-refractivity contribution is -0.274. The lowest BCUT2D eigenvalue weighted by Crippen LogP contribution is -2.25. The number of carbonyl (C=O) groups is 3. The molecule has 1 aromatic heterocycles. The van der Waals surface area contributed by atoms with Gasteiger partial charge >= 0.3 is 18.3 Å². The number of carbonyl (C=O) groups excluding carboxylic acids is 2. The number of ketones is 1. The highest BCUT2D eigenvalue weighted by atomic mass is 19.4. The van der Waals surface area contributed by atoms with Crippen molar-refractivity contribution in [1.29, 1.82) is 0 Å². The van der Waals surface area contributed by atoms with Crippen LogP contribution in [0.2, 0.25) is 0 Å². The van der Waals surface area contributed by atoms with Crippen LogP contribution in [0, 0.1) is 0 Å². The van der Waals surface area contributed by atoms with Gasteiger partial charge in [0.05, 0.1) is 41.5 Å². The van der Waals surface area contributed by atoms with E-state index in [0.29, 0.717) is 5.69 Å². The number of carboxylic acid groups (broad SMARTS) is 1. The summed E-state index contributed by atoms with van der Waals surface area (Å²) in [4.78, 5) is 54.0. The maximum absolute atomic E-state index is 13.1. The molecule has 0 atom stereocenters. The number of carboxylic acids is 1. The van der Waals surface area contributed by atoms with Gasteiger partial charge in [-0.25, -0.2) is 4.98 Å². The van der Waals surface area contributed by atoms with Crippen molar-refractivity contribution in [2.45, 2.75) is 19.2 Å². The molecule has 1 aliphatic heterocycles. The molecular weight excluding hydrogens is 487 g/mol. The second-order valence-corrected chi connectivity index (χ2v) is 7.87. The first-order chi connectivity index (χ1) is 16.9. The molecule has 0 saturated heterocycles. The number of halogens is 3. The molecule has 0 fully saturated rings. The van der Waals surface area contributed by atoms with Crippen LogP contribution in [0.15, 0.2) is 41.2 Å². The van der Waals surface area contributed by atoms with Crippen LogP contribution in [0.1, 0.15) is 29.0 Å². The molecule has 1 aliphatic rings. The van der Waals surface area contributed by atoms with Crippen LogP contribution in [-0.4, -0.2) is 58.9 Å². The molecule has 3 aromatic rings. The van der Waals surface area contributed by atoms with Crippen LogP contribution in [0.25, 0.3) is 16.6 Å². The Kier molecular flexibility index (Phi) is 6.39. The fourth-order valence-electron chi connectivity index (χ4n) is 3.70. The van der Waals surface area contributed by atoms with Crippen LogP contribution in [0.5, 0.6) is 5.75 Å². The molecule has 188 valence electrons. The van der Waals surface area contributed by atoms with Gasteiger partial charge in [-0.05, 0) is 36.4 Å². The standard InChI is InChI=1S/C23H18F3N3O7/c1-28(8-9-35-19(32)7-6-18(30)31)12-2-4-14-16(10-12)27-21-20(33)15-11-13(36-23(24,25)26)3-5-17(15)29(21)22(14)34/h2-5,10-11H,6-9H2,1H3,(H,30,31). The van der Waals surface area contributed by atoms with E-state index in [2.05, 4.69) is 9.72 Å². The van der Waals surface area contributed by atoms with Gasteiger partial charge in [0.1, 0.15) is 12.4 Å². The number of fused-ring (bicyclic) bond motifs is 4. The van der Waals surface area contributed by atoms with Crippen LogP contribution < -0.4 is 15.2 Å². The Labute approximate surface area is 200 Å². The number of anilines is 1. The third-order valence-electron chi connectivity index (χ3n) is 5.42. The smallest absolute Gasteiger partial charge is 0.481 e. The fraction of sp³-hybridized carbons (Fsp3) is 0.261. The molecule has 0 aliphatic carbocycles. The minimum absolute atomic E-state index is 0.0105. The van der Waals surface area contributed by atoms with E-state index >= 15 is 0 Å². The molecule has 0 spiro atoms. The molecule has 0 radical (unpaired) electrons. The Hall–Kier alpha value is -4.42. The Bertz CT molecular complexity index is 1450. The van der Waals surface area contributed by atoms with Gasteiger partial charge in [-0.2, -0.15) is 0 Å². The van der Waals surface area contributed by atoms with Crippen molar-refractivity contribution < 1.29 is 42.1 Å². The van der Waals surface area contributed by atoms with E-state index < -0.39 is 35.4 Å². The quantitative estimate of drug-likeness (QED) is 0.360. The fourth-order valence-corrected chi connectivity index (χ4v) is 3.70. The van der Waals surface area contributed by atoms with Crippen molar-refractivity contribution in [1.82, 2.24) is 9.55 Å². The number of hydrogen-bond acceptors (Lipinski definition) is 8. The summed E-state index contributed by atoms with van der Waals surface area (Å²) in [6.07, 6.45) is -5.51. The highest BCUT2D eigenvalue weighted by Crippen LogP contribution is 2.32. The number of ether oxygens (including phenoxy) is 2. The zero-order valence-corrected chi connectivity index (χ0v) is 18.7. The average molecular weight is 505 g/mol. The number of likely N-dealkylation sites (N-methyl/N-ethyl adjacent to an activating group) is 1. The molecule has 1 N–H and O–H groups in total. The first kappa shape index (κ1) is 24.7.